The quantitative estimate of drug-likeness (QED) is 0.614. The summed E-state index contributed by atoms with van der Waals surface area (Å²) in [4.78, 5) is 0.143. The largest absolute Gasteiger partial charge is 0.494 e. The van der Waals surface area contributed by atoms with E-state index in [1.54, 1.807) is 37.3 Å². The van der Waals surface area contributed by atoms with Gasteiger partial charge in [-0.05, 0) is 49.4 Å². The predicted molar refractivity (Wildman–Crippen MR) is 97.3 cm³/mol. The second kappa shape index (κ2) is 6.78. The highest BCUT2D eigenvalue weighted by atomic mass is 79.9. The normalized spacial score (nSPS) is 11.5. The van der Waals surface area contributed by atoms with E-state index in [0.717, 1.165) is 4.47 Å². The minimum Gasteiger partial charge on any atom is -0.494 e. The smallest absolute Gasteiger partial charge is 0.227 e. The number of nitrogens with zero attached hydrogens (tertiary/aromatic N) is 3. The second-order valence-corrected chi connectivity index (χ2v) is 8.38. The van der Waals surface area contributed by atoms with E-state index in [1.807, 2.05) is 0 Å². The van der Waals surface area contributed by atoms with E-state index in [0.29, 0.717) is 22.2 Å². The van der Waals surface area contributed by atoms with Crippen molar-refractivity contribution >= 4 is 37.4 Å². The molecule has 2 aromatic carbocycles. The van der Waals surface area contributed by atoms with Crippen molar-refractivity contribution in [3.63, 3.8) is 0 Å². The summed E-state index contributed by atoms with van der Waals surface area (Å²) in [6, 6.07) is 11.3. The minimum atomic E-state index is -3.79. The van der Waals surface area contributed by atoms with Crippen LogP contribution in [0.2, 0.25) is 5.02 Å². The lowest BCUT2D eigenvalue weighted by Gasteiger charge is -2.10. The van der Waals surface area contributed by atoms with Crippen LogP contribution in [0.5, 0.6) is 5.75 Å². The van der Waals surface area contributed by atoms with Gasteiger partial charge >= 0.3 is 0 Å². The van der Waals surface area contributed by atoms with Crippen LogP contribution in [0.15, 0.2) is 56.9 Å². The van der Waals surface area contributed by atoms with Gasteiger partial charge in [-0.3, -0.25) is 0 Å². The van der Waals surface area contributed by atoms with Gasteiger partial charge in [0, 0.05) is 9.50 Å². The van der Waals surface area contributed by atoms with Crippen LogP contribution in [0.1, 0.15) is 5.69 Å². The summed E-state index contributed by atoms with van der Waals surface area (Å²) >= 11 is 9.33. The molecule has 130 valence electrons. The fourth-order valence-electron chi connectivity index (χ4n) is 2.35. The van der Waals surface area contributed by atoms with Crippen LogP contribution in [-0.2, 0) is 9.84 Å². The van der Waals surface area contributed by atoms with Crippen molar-refractivity contribution in [1.82, 2.24) is 15.0 Å². The van der Waals surface area contributed by atoms with Gasteiger partial charge in [0.15, 0.2) is 0 Å². The van der Waals surface area contributed by atoms with Crippen LogP contribution in [0.3, 0.4) is 0 Å². The molecule has 0 aliphatic carbocycles. The Morgan fingerprint density at radius 3 is 2.48 bits per heavy atom. The summed E-state index contributed by atoms with van der Waals surface area (Å²) in [5.41, 5.74) is 0.876. The molecule has 0 atom stereocenters. The van der Waals surface area contributed by atoms with Crippen LogP contribution in [0, 0.1) is 6.92 Å². The molecular formula is C16H13BrClN3O3S. The van der Waals surface area contributed by atoms with Crippen LogP contribution >= 0.6 is 27.5 Å². The van der Waals surface area contributed by atoms with Crippen molar-refractivity contribution < 1.29 is 13.2 Å². The number of aromatic nitrogens is 3. The Morgan fingerprint density at radius 1 is 1.16 bits per heavy atom. The van der Waals surface area contributed by atoms with Gasteiger partial charge in [0.05, 0.1) is 17.7 Å². The number of methoxy groups -OCH3 is 1. The molecule has 0 saturated heterocycles. The molecule has 3 aromatic rings. The monoisotopic (exact) mass is 441 g/mol. The topological polar surface area (TPSA) is 74.1 Å². The maximum atomic E-state index is 12.8. The molecule has 3 rings (SSSR count). The highest BCUT2D eigenvalue weighted by Crippen LogP contribution is 2.29. The molecule has 0 radical (unpaired) electrons. The Bertz CT molecular complexity index is 1030. The van der Waals surface area contributed by atoms with Crippen molar-refractivity contribution in [2.75, 3.05) is 7.11 Å². The van der Waals surface area contributed by atoms with Crippen LogP contribution in [0.4, 0.5) is 0 Å². The predicted octanol–water partition coefficient (Wildman–Crippen LogP) is 3.83. The van der Waals surface area contributed by atoms with Gasteiger partial charge in [0.25, 0.3) is 0 Å². The number of benzene rings is 2. The summed E-state index contributed by atoms with van der Waals surface area (Å²) in [5, 5.41) is 8.23. The first-order chi connectivity index (χ1) is 11.8. The third kappa shape index (κ3) is 3.29. The first-order valence-corrected chi connectivity index (χ1v) is 9.77. The van der Waals surface area contributed by atoms with Crippen LogP contribution in [-0.4, -0.2) is 30.5 Å². The molecule has 0 aliphatic rings. The zero-order valence-corrected chi connectivity index (χ0v) is 16.4. The SMILES string of the molecule is COc1ccc(Cl)cc1-n1nnc(S(=O)(=O)c2ccc(Br)cc2)c1C. The summed E-state index contributed by atoms with van der Waals surface area (Å²) in [5.74, 6) is 0.505. The maximum Gasteiger partial charge on any atom is 0.227 e. The molecule has 25 heavy (non-hydrogen) atoms. The molecule has 0 bridgehead atoms. The molecule has 6 nitrogen and oxygen atoms in total. The minimum absolute atomic E-state index is 0.114. The van der Waals surface area contributed by atoms with E-state index in [-0.39, 0.29) is 9.92 Å². The number of halogens is 2. The second-order valence-electron chi connectivity index (χ2n) is 5.17. The van der Waals surface area contributed by atoms with E-state index < -0.39 is 9.84 Å². The van der Waals surface area contributed by atoms with Crippen LogP contribution < -0.4 is 4.74 Å². The van der Waals surface area contributed by atoms with Gasteiger partial charge < -0.3 is 4.74 Å². The molecule has 0 spiro atoms. The standard InChI is InChI=1S/C16H13BrClN3O3S/c1-10-16(25(22,23)13-6-3-11(17)4-7-13)19-20-21(10)14-9-12(18)5-8-15(14)24-2/h3-9H,1-2H3. The molecule has 0 unspecified atom stereocenters. The van der Waals surface area contributed by atoms with Gasteiger partial charge in [0.2, 0.25) is 14.9 Å². The van der Waals surface area contributed by atoms with Gasteiger partial charge in [-0.1, -0.05) is 32.7 Å². The average molecular weight is 443 g/mol. The molecule has 0 saturated carbocycles. The van der Waals surface area contributed by atoms with Crippen LogP contribution in [0.25, 0.3) is 5.69 Å². The van der Waals surface area contributed by atoms with Crippen molar-refractivity contribution in [3.05, 3.63) is 57.7 Å². The fourth-order valence-corrected chi connectivity index (χ4v) is 4.11. The molecular weight excluding hydrogens is 430 g/mol. The molecule has 1 aromatic heterocycles. The third-order valence-corrected chi connectivity index (χ3v) is 6.14. The first-order valence-electron chi connectivity index (χ1n) is 7.11. The number of rotatable bonds is 4. The highest BCUT2D eigenvalue weighted by Gasteiger charge is 2.26. The van der Waals surface area contributed by atoms with E-state index in [9.17, 15) is 8.42 Å². The molecule has 0 amide bonds. The maximum absolute atomic E-state index is 12.8. The van der Waals surface area contributed by atoms with Gasteiger partial charge in [-0.25, -0.2) is 13.1 Å². The van der Waals surface area contributed by atoms with E-state index in [2.05, 4.69) is 26.2 Å². The Morgan fingerprint density at radius 2 is 1.84 bits per heavy atom. The lowest BCUT2D eigenvalue weighted by molar-refractivity contribution is 0.411. The molecule has 0 aliphatic heterocycles. The summed E-state index contributed by atoms with van der Waals surface area (Å²) in [7, 11) is -2.28. The van der Waals surface area contributed by atoms with E-state index >= 15 is 0 Å². The van der Waals surface area contributed by atoms with Gasteiger partial charge in [-0.15, -0.1) is 5.10 Å². The van der Waals surface area contributed by atoms with Gasteiger partial charge in [0.1, 0.15) is 11.4 Å². The highest BCUT2D eigenvalue weighted by molar-refractivity contribution is 9.10. The molecule has 0 fully saturated rings. The Kier molecular flexibility index (Phi) is 4.86. The van der Waals surface area contributed by atoms with Crippen molar-refractivity contribution in [2.45, 2.75) is 16.8 Å². The van der Waals surface area contributed by atoms with Crippen molar-refractivity contribution in [2.24, 2.45) is 0 Å². The number of sulfone groups is 1. The Labute approximate surface area is 158 Å². The number of hydrogen-bond donors (Lipinski definition) is 0. The third-order valence-electron chi connectivity index (χ3n) is 3.60. The Hall–Kier alpha value is -1.90. The lowest BCUT2D eigenvalue weighted by Crippen LogP contribution is -2.06. The zero-order valence-electron chi connectivity index (χ0n) is 13.3. The number of hydrogen-bond acceptors (Lipinski definition) is 5. The van der Waals surface area contributed by atoms with Gasteiger partial charge in [-0.2, -0.15) is 0 Å². The Balaban J connectivity index is 2.14. The summed E-state index contributed by atoms with van der Waals surface area (Å²) < 4.78 is 33.2. The molecule has 1 heterocycles. The summed E-state index contributed by atoms with van der Waals surface area (Å²) in [6.07, 6.45) is 0. The van der Waals surface area contributed by atoms with E-state index in [1.165, 1.54) is 23.9 Å². The first kappa shape index (κ1) is 17.9. The average Bonchev–Trinajstić information content (AvgIpc) is 2.97. The lowest BCUT2D eigenvalue weighted by atomic mass is 10.3. The number of ether oxygens (including phenoxy) is 1. The summed E-state index contributed by atoms with van der Waals surface area (Å²) in [6.45, 7) is 1.63. The molecule has 9 heteroatoms. The fraction of sp³-hybridized carbons (Fsp3) is 0.125. The van der Waals surface area contributed by atoms with Crippen molar-refractivity contribution in [3.8, 4) is 11.4 Å². The van der Waals surface area contributed by atoms with Crippen molar-refractivity contribution in [1.29, 1.82) is 0 Å². The van der Waals surface area contributed by atoms with E-state index in [4.69, 9.17) is 16.3 Å². The molecule has 0 N–H and O–H groups in total. The zero-order chi connectivity index (χ0) is 18.2.